The van der Waals surface area contributed by atoms with Gasteiger partial charge in [-0.3, -0.25) is 9.36 Å². The molecule has 0 saturated heterocycles. The van der Waals surface area contributed by atoms with E-state index in [-0.39, 0.29) is 48.7 Å². The third-order valence-corrected chi connectivity index (χ3v) is 7.61. The van der Waals surface area contributed by atoms with E-state index < -0.39 is 35.7 Å². The minimum absolute atomic E-state index is 0.0542. The van der Waals surface area contributed by atoms with Gasteiger partial charge in [-0.15, -0.1) is 11.3 Å². The van der Waals surface area contributed by atoms with Gasteiger partial charge in [0.05, 0.1) is 21.7 Å². The zero-order chi connectivity index (χ0) is 26.2. The molecule has 5 aromatic rings. The molecule has 1 N–H and O–H groups in total. The summed E-state index contributed by atoms with van der Waals surface area (Å²) in [6.07, 6.45) is -3.35. The molecule has 0 unspecified atom stereocenters. The first-order valence-corrected chi connectivity index (χ1v) is 12.1. The third kappa shape index (κ3) is 3.95. The zero-order valence-electron chi connectivity index (χ0n) is 18.4. The Balaban J connectivity index is 1.65. The Morgan fingerprint density at radius 3 is 2.57 bits per heavy atom. The Morgan fingerprint density at radius 2 is 1.89 bits per heavy atom. The van der Waals surface area contributed by atoms with Crippen LogP contribution < -0.4 is 5.56 Å². The summed E-state index contributed by atoms with van der Waals surface area (Å²) in [7, 11) is 0. The van der Waals surface area contributed by atoms with Crippen molar-refractivity contribution in [2.24, 2.45) is 0 Å². The maximum Gasteiger partial charge on any atom is 0.452 e. The number of nitrogens with zero attached hydrogens (tertiary/aromatic N) is 3. The quantitative estimate of drug-likeness (QED) is 0.246. The zero-order valence-corrected chi connectivity index (χ0v) is 19.9. The molecule has 1 aliphatic rings. The van der Waals surface area contributed by atoms with Gasteiger partial charge in [-0.25, -0.2) is 13.8 Å². The Kier molecular flexibility index (Phi) is 5.32. The smallest absolute Gasteiger partial charge is 0.452 e. The first-order chi connectivity index (χ1) is 17.5. The highest BCUT2D eigenvalue weighted by Gasteiger charge is 2.36. The molecule has 1 aliphatic carbocycles. The van der Waals surface area contributed by atoms with Crippen molar-refractivity contribution in [1.29, 1.82) is 0 Å². The van der Waals surface area contributed by atoms with Crippen LogP contribution in [0.3, 0.4) is 0 Å². The average Bonchev–Trinajstić information content (AvgIpc) is 3.44. The van der Waals surface area contributed by atoms with Crippen molar-refractivity contribution in [2.45, 2.75) is 31.5 Å². The van der Waals surface area contributed by atoms with Crippen LogP contribution in [0, 0.1) is 11.6 Å². The molecule has 6 nitrogen and oxygen atoms in total. The second-order valence-corrected chi connectivity index (χ2v) is 10.1. The molecule has 6 rings (SSSR count). The molecule has 37 heavy (non-hydrogen) atoms. The van der Waals surface area contributed by atoms with Crippen molar-refractivity contribution in [2.75, 3.05) is 0 Å². The van der Waals surface area contributed by atoms with Crippen LogP contribution in [0.1, 0.15) is 35.8 Å². The fourth-order valence-electron chi connectivity index (χ4n) is 4.31. The van der Waals surface area contributed by atoms with Gasteiger partial charge < -0.3 is 9.63 Å². The summed E-state index contributed by atoms with van der Waals surface area (Å²) in [4.78, 5) is 18.6. The average molecular weight is 554 g/mol. The highest BCUT2D eigenvalue weighted by Crippen LogP contribution is 2.46. The largest absolute Gasteiger partial charge is 0.505 e. The predicted molar refractivity (Wildman–Crippen MR) is 126 cm³/mol. The van der Waals surface area contributed by atoms with E-state index in [4.69, 9.17) is 11.6 Å². The number of aromatic nitrogens is 3. The van der Waals surface area contributed by atoms with E-state index >= 15 is 0 Å². The van der Waals surface area contributed by atoms with Gasteiger partial charge in [0.2, 0.25) is 5.76 Å². The van der Waals surface area contributed by atoms with Crippen LogP contribution in [0.15, 0.2) is 39.6 Å². The molecule has 1 saturated carbocycles. The summed E-state index contributed by atoms with van der Waals surface area (Å²) in [5.74, 6) is -3.99. The number of benzene rings is 2. The molecule has 1 fully saturated rings. The van der Waals surface area contributed by atoms with Crippen molar-refractivity contribution in [3.63, 3.8) is 0 Å². The van der Waals surface area contributed by atoms with Crippen molar-refractivity contribution >= 4 is 43.2 Å². The highest BCUT2D eigenvalue weighted by atomic mass is 35.5. The number of aromatic hydroxyl groups is 1. The second kappa shape index (κ2) is 8.25. The van der Waals surface area contributed by atoms with Gasteiger partial charge >= 0.3 is 6.18 Å². The molecule has 190 valence electrons. The van der Waals surface area contributed by atoms with E-state index in [0.717, 1.165) is 40.9 Å². The second-order valence-electron chi connectivity index (χ2n) is 8.69. The van der Waals surface area contributed by atoms with Crippen LogP contribution in [0.5, 0.6) is 5.75 Å². The van der Waals surface area contributed by atoms with Crippen molar-refractivity contribution in [3.05, 3.63) is 74.4 Å². The maximum atomic E-state index is 14.4. The summed E-state index contributed by atoms with van der Waals surface area (Å²) >= 11 is 7.00. The lowest BCUT2D eigenvalue weighted by Crippen LogP contribution is -2.24. The molecular weight excluding hydrogens is 541 g/mol. The van der Waals surface area contributed by atoms with Gasteiger partial charge in [0.25, 0.3) is 5.56 Å². The van der Waals surface area contributed by atoms with Gasteiger partial charge in [0.1, 0.15) is 16.3 Å². The van der Waals surface area contributed by atoms with Crippen molar-refractivity contribution in [3.8, 4) is 17.1 Å². The number of rotatable bonds is 4. The number of phenolic OH excluding ortho intramolecular Hbond substituents is 1. The maximum absolute atomic E-state index is 14.4. The number of fused-ring (bicyclic) bond motifs is 3. The molecule has 0 bridgehead atoms. The number of halogens is 6. The number of hydrogen-bond acceptors (Lipinski definition) is 6. The summed E-state index contributed by atoms with van der Waals surface area (Å²) in [5.41, 5.74) is -0.324. The van der Waals surface area contributed by atoms with Crippen LogP contribution in [-0.4, -0.2) is 19.8 Å². The number of thiophene rings is 1. The summed E-state index contributed by atoms with van der Waals surface area (Å²) in [6, 6.07) is 5.56. The van der Waals surface area contributed by atoms with E-state index in [9.17, 15) is 31.9 Å². The Morgan fingerprint density at radius 1 is 1.16 bits per heavy atom. The van der Waals surface area contributed by atoms with Crippen LogP contribution in [0.4, 0.5) is 22.0 Å². The summed E-state index contributed by atoms with van der Waals surface area (Å²) < 4.78 is 73.5. The predicted octanol–water partition coefficient (Wildman–Crippen LogP) is 6.85. The number of alkyl halides is 3. The van der Waals surface area contributed by atoms with E-state index in [1.807, 2.05) is 0 Å². The normalized spacial score (nSPS) is 14.2. The summed E-state index contributed by atoms with van der Waals surface area (Å²) in [5, 5.41) is 14.4. The molecule has 0 radical (unpaired) electrons. The molecule has 2 aromatic carbocycles. The van der Waals surface area contributed by atoms with Gasteiger partial charge in [0.15, 0.2) is 17.4 Å². The fourth-order valence-corrected chi connectivity index (χ4v) is 5.63. The molecule has 3 heterocycles. The number of hydrogen-bond donors (Lipinski definition) is 1. The Labute approximate surface area is 212 Å². The first kappa shape index (κ1) is 23.9. The fraction of sp³-hybridized carbons (Fsp3) is 0.208. The molecule has 0 atom stereocenters. The topological polar surface area (TPSA) is 81.2 Å². The SMILES string of the molecule is O=c1c2c(nc(-c3cc(F)c(F)cc3C3CC3)n1Cc1cc(C(F)(F)F)on1)sc1c(O)c(Cl)ccc12. The minimum Gasteiger partial charge on any atom is -0.505 e. The van der Waals surface area contributed by atoms with Gasteiger partial charge in [-0.05, 0) is 42.5 Å². The lowest BCUT2D eigenvalue weighted by Gasteiger charge is -2.15. The first-order valence-electron chi connectivity index (χ1n) is 10.9. The van der Waals surface area contributed by atoms with E-state index in [2.05, 4.69) is 14.7 Å². The van der Waals surface area contributed by atoms with Crippen LogP contribution in [-0.2, 0) is 12.7 Å². The van der Waals surface area contributed by atoms with Crippen LogP contribution >= 0.6 is 22.9 Å². The Hall–Kier alpha value is -3.51. The summed E-state index contributed by atoms with van der Waals surface area (Å²) in [6.45, 7) is -0.489. The van der Waals surface area contributed by atoms with Gasteiger partial charge in [-0.2, -0.15) is 13.2 Å². The molecular formula is C24H13ClF5N3O3S. The van der Waals surface area contributed by atoms with Crippen molar-refractivity contribution in [1.82, 2.24) is 14.7 Å². The van der Waals surface area contributed by atoms with E-state index in [1.54, 1.807) is 0 Å². The molecule has 0 aliphatic heterocycles. The standard InChI is InChI=1S/C24H13ClF5N3O3S/c25-14-4-3-11-18-22(37-20(11)19(14)34)31-21(13-7-16(27)15(26)6-12(13)9-1-2-9)33(23(18)35)8-10-5-17(36-32-10)24(28,29)30/h3-7,9,34H,1-2,8H2. The molecule has 3 aromatic heterocycles. The number of phenols is 1. The monoisotopic (exact) mass is 553 g/mol. The molecule has 0 amide bonds. The van der Waals surface area contributed by atoms with Crippen LogP contribution in [0.25, 0.3) is 31.7 Å². The highest BCUT2D eigenvalue weighted by molar-refractivity contribution is 7.25. The van der Waals surface area contributed by atoms with E-state index in [0.29, 0.717) is 17.0 Å². The van der Waals surface area contributed by atoms with Gasteiger partial charge in [-0.1, -0.05) is 22.8 Å². The van der Waals surface area contributed by atoms with Gasteiger partial charge in [0, 0.05) is 17.0 Å². The molecule has 0 spiro atoms. The van der Waals surface area contributed by atoms with E-state index in [1.165, 1.54) is 12.1 Å². The van der Waals surface area contributed by atoms with Crippen LogP contribution in [0.2, 0.25) is 5.02 Å². The Bertz CT molecular complexity index is 1790. The third-order valence-electron chi connectivity index (χ3n) is 6.20. The lowest BCUT2D eigenvalue weighted by atomic mass is 10.0. The minimum atomic E-state index is -4.79. The van der Waals surface area contributed by atoms with Crippen molar-refractivity contribution < 1.29 is 31.6 Å². The lowest BCUT2D eigenvalue weighted by molar-refractivity contribution is -0.155. The molecule has 13 heteroatoms.